The van der Waals surface area contributed by atoms with Crippen molar-refractivity contribution in [1.82, 2.24) is 5.32 Å². The molecule has 1 saturated heterocycles. The predicted octanol–water partition coefficient (Wildman–Crippen LogP) is 4.53. The minimum atomic E-state index is -1.11. The lowest BCUT2D eigenvalue weighted by Crippen LogP contribution is -2.54. The number of ether oxygens (including phenoxy) is 1. The summed E-state index contributed by atoms with van der Waals surface area (Å²) in [6.45, 7) is 2.36. The number of aromatic carboxylic acids is 1. The van der Waals surface area contributed by atoms with E-state index in [2.05, 4.69) is 5.32 Å². The van der Waals surface area contributed by atoms with E-state index in [1.54, 1.807) is 36.4 Å². The van der Waals surface area contributed by atoms with Crippen molar-refractivity contribution in [3.63, 3.8) is 0 Å². The number of hydrogen-bond donors (Lipinski definition) is 2. The van der Waals surface area contributed by atoms with Crippen molar-refractivity contribution in [2.45, 2.75) is 6.92 Å². The van der Waals surface area contributed by atoms with Gasteiger partial charge in [0.2, 0.25) is 0 Å². The van der Waals surface area contributed by atoms with Crippen LogP contribution in [0.1, 0.15) is 23.0 Å². The molecular formula is C24H17ClN2O6S. The van der Waals surface area contributed by atoms with Gasteiger partial charge in [0.1, 0.15) is 22.8 Å². The number of carboxylic acid groups (broad SMARTS) is 1. The van der Waals surface area contributed by atoms with Gasteiger partial charge in [-0.05, 0) is 79.8 Å². The Morgan fingerprint density at radius 1 is 1.18 bits per heavy atom. The van der Waals surface area contributed by atoms with Crippen LogP contribution in [0.25, 0.3) is 17.4 Å². The quantitative estimate of drug-likeness (QED) is 0.293. The molecule has 10 heteroatoms. The first-order valence-corrected chi connectivity index (χ1v) is 10.8. The SMILES string of the molecule is CCOc1ccc(N2C(=O)/C(=C\c3ccc(-c4cc(C(=O)O)ccc4Cl)o3)C(=O)NC2=S)cc1. The van der Waals surface area contributed by atoms with E-state index in [0.29, 0.717) is 23.6 Å². The number of thiocarbonyl (C=S) groups is 1. The van der Waals surface area contributed by atoms with Crippen LogP contribution in [-0.2, 0) is 9.59 Å². The highest BCUT2D eigenvalue weighted by Gasteiger charge is 2.34. The first-order valence-electron chi connectivity index (χ1n) is 10.1. The molecule has 0 saturated carbocycles. The van der Waals surface area contributed by atoms with Gasteiger partial charge < -0.3 is 14.3 Å². The number of amides is 2. The minimum absolute atomic E-state index is 0.0389. The summed E-state index contributed by atoms with van der Waals surface area (Å²) in [6, 6.07) is 14.0. The van der Waals surface area contributed by atoms with E-state index in [4.69, 9.17) is 33.0 Å². The molecule has 1 fully saturated rings. The second kappa shape index (κ2) is 9.50. The van der Waals surface area contributed by atoms with E-state index in [-0.39, 0.29) is 32.8 Å². The van der Waals surface area contributed by atoms with E-state index in [9.17, 15) is 19.5 Å². The summed E-state index contributed by atoms with van der Waals surface area (Å²) in [5.41, 5.74) is 0.676. The van der Waals surface area contributed by atoms with Crippen LogP contribution in [0, 0.1) is 0 Å². The first-order chi connectivity index (χ1) is 16.3. The average Bonchev–Trinajstić information content (AvgIpc) is 3.26. The third-order valence-electron chi connectivity index (χ3n) is 4.90. The van der Waals surface area contributed by atoms with Gasteiger partial charge in [0.15, 0.2) is 5.11 Å². The van der Waals surface area contributed by atoms with Gasteiger partial charge in [-0.25, -0.2) is 4.79 Å². The molecule has 1 aromatic heterocycles. The number of furan rings is 1. The zero-order chi connectivity index (χ0) is 24.4. The molecule has 0 atom stereocenters. The monoisotopic (exact) mass is 496 g/mol. The smallest absolute Gasteiger partial charge is 0.335 e. The molecule has 2 N–H and O–H groups in total. The minimum Gasteiger partial charge on any atom is -0.494 e. The van der Waals surface area contributed by atoms with Crippen LogP contribution in [0.3, 0.4) is 0 Å². The van der Waals surface area contributed by atoms with Gasteiger partial charge >= 0.3 is 5.97 Å². The van der Waals surface area contributed by atoms with E-state index >= 15 is 0 Å². The highest BCUT2D eigenvalue weighted by atomic mass is 35.5. The molecular weight excluding hydrogens is 480 g/mol. The fourth-order valence-corrected chi connectivity index (χ4v) is 3.81. The maximum Gasteiger partial charge on any atom is 0.335 e. The fourth-order valence-electron chi connectivity index (χ4n) is 3.31. The molecule has 0 bridgehead atoms. The Balaban J connectivity index is 1.65. The zero-order valence-electron chi connectivity index (χ0n) is 17.7. The van der Waals surface area contributed by atoms with E-state index in [1.807, 2.05) is 6.92 Å². The van der Waals surface area contributed by atoms with Crippen LogP contribution in [-0.4, -0.2) is 34.6 Å². The van der Waals surface area contributed by atoms with Crippen molar-refractivity contribution < 1.29 is 28.6 Å². The highest BCUT2D eigenvalue weighted by molar-refractivity contribution is 7.80. The molecule has 0 aliphatic carbocycles. The number of hydrogen-bond acceptors (Lipinski definition) is 6. The lowest BCUT2D eigenvalue weighted by molar-refractivity contribution is -0.122. The summed E-state index contributed by atoms with van der Waals surface area (Å²) in [5.74, 6) is -1.29. The molecule has 1 aliphatic heterocycles. The van der Waals surface area contributed by atoms with Crippen LogP contribution in [0.2, 0.25) is 5.02 Å². The van der Waals surface area contributed by atoms with Crippen molar-refractivity contribution in [2.75, 3.05) is 11.5 Å². The third-order valence-corrected chi connectivity index (χ3v) is 5.51. The summed E-state index contributed by atoms with van der Waals surface area (Å²) < 4.78 is 11.2. The number of nitrogens with one attached hydrogen (secondary N) is 1. The lowest BCUT2D eigenvalue weighted by Gasteiger charge is -2.28. The number of carboxylic acids is 1. The van der Waals surface area contributed by atoms with E-state index in [1.165, 1.54) is 29.2 Å². The van der Waals surface area contributed by atoms with Crippen molar-refractivity contribution >= 4 is 58.5 Å². The number of halogens is 1. The van der Waals surface area contributed by atoms with E-state index < -0.39 is 17.8 Å². The Labute approximate surface area is 204 Å². The molecule has 0 spiro atoms. The Morgan fingerprint density at radius 3 is 2.59 bits per heavy atom. The van der Waals surface area contributed by atoms with Gasteiger partial charge in [0.05, 0.1) is 22.9 Å². The van der Waals surface area contributed by atoms with Gasteiger partial charge in [-0.1, -0.05) is 11.6 Å². The summed E-state index contributed by atoms with van der Waals surface area (Å²) in [7, 11) is 0. The topological polar surface area (TPSA) is 109 Å². The molecule has 0 unspecified atom stereocenters. The van der Waals surface area contributed by atoms with Crippen molar-refractivity contribution in [1.29, 1.82) is 0 Å². The molecule has 0 radical (unpaired) electrons. The molecule has 34 heavy (non-hydrogen) atoms. The summed E-state index contributed by atoms with van der Waals surface area (Å²) in [6.07, 6.45) is 1.29. The molecule has 8 nitrogen and oxygen atoms in total. The fraction of sp³-hybridized carbons (Fsp3) is 0.0833. The number of benzene rings is 2. The Kier molecular flexibility index (Phi) is 6.49. The molecule has 3 aromatic rings. The van der Waals surface area contributed by atoms with Crippen molar-refractivity contribution in [2.24, 2.45) is 0 Å². The maximum atomic E-state index is 13.2. The predicted molar refractivity (Wildman–Crippen MR) is 130 cm³/mol. The number of carbonyl (C=O) groups is 3. The number of rotatable bonds is 6. The van der Waals surface area contributed by atoms with E-state index in [0.717, 1.165) is 0 Å². The molecule has 1 aliphatic rings. The average molecular weight is 497 g/mol. The second-order valence-electron chi connectivity index (χ2n) is 7.09. The normalized spacial score (nSPS) is 14.9. The second-order valence-corrected chi connectivity index (χ2v) is 7.88. The Hall–Kier alpha value is -3.95. The maximum absolute atomic E-state index is 13.2. The largest absolute Gasteiger partial charge is 0.494 e. The zero-order valence-corrected chi connectivity index (χ0v) is 19.3. The standard InChI is InChI=1S/C24H17ClN2O6S/c1-2-32-15-6-4-14(5-7-15)27-22(29)18(21(28)26-24(27)34)12-16-8-10-20(33-16)17-11-13(23(30)31)3-9-19(17)25/h3-12H,2H2,1H3,(H,30,31)(H,26,28,34)/b18-12-. The van der Waals surface area contributed by atoms with Crippen LogP contribution < -0.4 is 15.0 Å². The van der Waals surface area contributed by atoms with Gasteiger partial charge in [0, 0.05) is 5.56 Å². The van der Waals surface area contributed by atoms with Gasteiger partial charge in [-0.2, -0.15) is 0 Å². The van der Waals surface area contributed by atoms with Crippen molar-refractivity contribution in [3.05, 3.63) is 76.5 Å². The number of carbonyl (C=O) groups excluding carboxylic acids is 2. The van der Waals surface area contributed by atoms with Crippen LogP contribution >= 0.6 is 23.8 Å². The van der Waals surface area contributed by atoms with Crippen LogP contribution in [0.4, 0.5) is 5.69 Å². The van der Waals surface area contributed by atoms with Crippen LogP contribution in [0.5, 0.6) is 5.75 Å². The number of anilines is 1. The number of nitrogens with zero attached hydrogens (tertiary/aromatic N) is 1. The Morgan fingerprint density at radius 2 is 1.91 bits per heavy atom. The van der Waals surface area contributed by atoms with Gasteiger partial charge in [-0.15, -0.1) is 0 Å². The van der Waals surface area contributed by atoms with Gasteiger partial charge in [-0.3, -0.25) is 19.8 Å². The first kappa shape index (κ1) is 23.2. The summed E-state index contributed by atoms with van der Waals surface area (Å²) in [5, 5.41) is 12.0. The molecule has 2 heterocycles. The lowest BCUT2D eigenvalue weighted by atomic mass is 10.1. The Bertz CT molecular complexity index is 1350. The molecule has 2 aromatic carbocycles. The van der Waals surface area contributed by atoms with Crippen molar-refractivity contribution in [3.8, 4) is 17.1 Å². The van der Waals surface area contributed by atoms with Crippen LogP contribution in [0.15, 0.2) is 64.6 Å². The molecule has 4 rings (SSSR count). The van der Waals surface area contributed by atoms with Gasteiger partial charge in [0.25, 0.3) is 11.8 Å². The third kappa shape index (κ3) is 4.57. The summed E-state index contributed by atoms with van der Waals surface area (Å²) in [4.78, 5) is 38.2. The molecule has 2 amide bonds. The summed E-state index contributed by atoms with van der Waals surface area (Å²) >= 11 is 11.4. The molecule has 172 valence electrons. The highest BCUT2D eigenvalue weighted by Crippen LogP contribution is 2.32.